The molecule has 0 aliphatic rings. The molecule has 0 atom stereocenters. The van der Waals surface area contributed by atoms with Crippen molar-refractivity contribution in [3.8, 4) is 11.3 Å². The Balaban J connectivity index is 2.71. The molecule has 0 aliphatic carbocycles. The lowest BCUT2D eigenvalue weighted by Crippen LogP contribution is -2.26. The third kappa shape index (κ3) is 2.52. The summed E-state index contributed by atoms with van der Waals surface area (Å²) in [6, 6.07) is 3.18. The fraction of sp³-hybridized carbons (Fsp3) is 0.231. The van der Waals surface area contributed by atoms with Gasteiger partial charge in [-0.25, -0.2) is 9.59 Å². The van der Waals surface area contributed by atoms with Gasteiger partial charge in [-0.1, -0.05) is 0 Å². The second-order valence-corrected chi connectivity index (χ2v) is 4.33. The van der Waals surface area contributed by atoms with E-state index in [-0.39, 0.29) is 17.3 Å². The Kier molecular flexibility index (Phi) is 3.41. The molecule has 0 radical (unpaired) electrons. The molecule has 0 spiro atoms. The molecule has 6 heteroatoms. The molecule has 98 valence electrons. The second-order valence-electron chi connectivity index (χ2n) is 4.33. The lowest BCUT2D eigenvalue weighted by atomic mass is 10.1. The van der Waals surface area contributed by atoms with Crippen LogP contribution in [0.15, 0.2) is 35.5 Å². The van der Waals surface area contributed by atoms with Gasteiger partial charge >= 0.3 is 11.7 Å². The Morgan fingerprint density at radius 1 is 1.42 bits per heavy atom. The molecular weight excluding hydrogens is 246 g/mol. The summed E-state index contributed by atoms with van der Waals surface area (Å²) < 4.78 is 1.29. The number of rotatable bonds is 3. The van der Waals surface area contributed by atoms with Crippen LogP contribution < -0.4 is 5.69 Å². The van der Waals surface area contributed by atoms with Gasteiger partial charge in [0.1, 0.15) is 5.56 Å². The Labute approximate surface area is 109 Å². The van der Waals surface area contributed by atoms with Crippen LogP contribution in [0, 0.1) is 0 Å². The number of aromatic nitrogens is 3. The molecule has 0 saturated carbocycles. The van der Waals surface area contributed by atoms with E-state index in [1.54, 1.807) is 32.2 Å². The molecule has 19 heavy (non-hydrogen) atoms. The molecule has 2 rings (SSSR count). The van der Waals surface area contributed by atoms with E-state index in [9.17, 15) is 14.7 Å². The van der Waals surface area contributed by atoms with Gasteiger partial charge in [-0.3, -0.25) is 9.55 Å². The molecule has 2 aromatic rings. The fourth-order valence-electron chi connectivity index (χ4n) is 1.72. The maximum absolute atomic E-state index is 11.9. The summed E-state index contributed by atoms with van der Waals surface area (Å²) in [7, 11) is 0. The summed E-state index contributed by atoms with van der Waals surface area (Å²) in [4.78, 5) is 31.0. The summed E-state index contributed by atoms with van der Waals surface area (Å²) in [5, 5.41) is 9.25. The molecule has 0 bridgehead atoms. The lowest BCUT2D eigenvalue weighted by Gasteiger charge is -2.12. The van der Waals surface area contributed by atoms with Crippen LogP contribution >= 0.6 is 0 Å². The first-order valence-corrected chi connectivity index (χ1v) is 5.77. The molecule has 1 N–H and O–H groups in total. The Hall–Kier alpha value is -2.50. The highest BCUT2D eigenvalue weighted by atomic mass is 16.4. The average molecular weight is 259 g/mol. The third-order valence-corrected chi connectivity index (χ3v) is 2.67. The van der Waals surface area contributed by atoms with E-state index in [2.05, 4.69) is 9.97 Å². The van der Waals surface area contributed by atoms with E-state index in [1.165, 1.54) is 17.0 Å². The van der Waals surface area contributed by atoms with Crippen LogP contribution in [0.4, 0.5) is 0 Å². The summed E-state index contributed by atoms with van der Waals surface area (Å²) in [6.45, 7) is 3.58. The highest BCUT2D eigenvalue weighted by Gasteiger charge is 2.17. The highest BCUT2D eigenvalue weighted by Crippen LogP contribution is 2.19. The molecule has 0 fully saturated rings. The van der Waals surface area contributed by atoms with Gasteiger partial charge < -0.3 is 5.11 Å². The summed E-state index contributed by atoms with van der Waals surface area (Å²) in [5.41, 5.74) is 0.163. The predicted molar refractivity (Wildman–Crippen MR) is 69.1 cm³/mol. The molecular formula is C13H13N3O3. The van der Waals surface area contributed by atoms with Gasteiger partial charge in [-0.15, -0.1) is 0 Å². The first kappa shape index (κ1) is 12.9. The standard InChI is InChI=1S/C13H13N3O3/c1-8(2)16-7-10(12(17)18)11(15-13(16)19)9-4-3-5-14-6-9/h3-8H,1-2H3,(H,17,18). The minimum absolute atomic E-state index is 0.0127. The van der Waals surface area contributed by atoms with E-state index >= 15 is 0 Å². The zero-order chi connectivity index (χ0) is 14.0. The van der Waals surface area contributed by atoms with Crippen molar-refractivity contribution in [2.75, 3.05) is 0 Å². The van der Waals surface area contributed by atoms with E-state index < -0.39 is 11.7 Å². The average Bonchev–Trinajstić information content (AvgIpc) is 2.38. The number of carbonyl (C=O) groups is 1. The molecule has 6 nitrogen and oxygen atoms in total. The second kappa shape index (κ2) is 5.01. The van der Waals surface area contributed by atoms with E-state index in [1.807, 2.05) is 0 Å². The van der Waals surface area contributed by atoms with Gasteiger partial charge in [0.15, 0.2) is 0 Å². The van der Waals surface area contributed by atoms with Crippen molar-refractivity contribution in [2.24, 2.45) is 0 Å². The topological polar surface area (TPSA) is 85.1 Å². The van der Waals surface area contributed by atoms with E-state index in [4.69, 9.17) is 0 Å². The third-order valence-electron chi connectivity index (χ3n) is 2.67. The van der Waals surface area contributed by atoms with Crippen molar-refractivity contribution >= 4 is 5.97 Å². The van der Waals surface area contributed by atoms with Crippen molar-refractivity contribution in [3.63, 3.8) is 0 Å². The molecule has 0 saturated heterocycles. The molecule has 0 unspecified atom stereocenters. The van der Waals surface area contributed by atoms with Crippen LogP contribution in [-0.2, 0) is 0 Å². The monoisotopic (exact) mass is 259 g/mol. The Bertz CT molecular complexity index is 663. The number of pyridine rings is 1. The van der Waals surface area contributed by atoms with Gasteiger partial charge in [0.2, 0.25) is 0 Å². The fourth-order valence-corrected chi connectivity index (χ4v) is 1.72. The van der Waals surface area contributed by atoms with Crippen molar-refractivity contribution in [2.45, 2.75) is 19.9 Å². The first-order chi connectivity index (χ1) is 9.00. The number of hydrogen-bond donors (Lipinski definition) is 1. The number of carboxylic acids is 1. The largest absolute Gasteiger partial charge is 0.478 e. The van der Waals surface area contributed by atoms with Gasteiger partial charge in [-0.05, 0) is 26.0 Å². The predicted octanol–water partition coefficient (Wildman–Crippen LogP) is 1.58. The number of nitrogens with zero attached hydrogens (tertiary/aromatic N) is 3. The molecule has 0 aliphatic heterocycles. The normalized spacial score (nSPS) is 10.7. The van der Waals surface area contributed by atoms with Crippen molar-refractivity contribution in [1.29, 1.82) is 0 Å². The summed E-state index contributed by atoms with van der Waals surface area (Å²) in [5.74, 6) is -1.12. The van der Waals surface area contributed by atoms with Crippen molar-refractivity contribution < 1.29 is 9.90 Å². The van der Waals surface area contributed by atoms with Crippen LogP contribution in [0.3, 0.4) is 0 Å². The first-order valence-electron chi connectivity index (χ1n) is 5.77. The smallest absolute Gasteiger partial charge is 0.348 e. The van der Waals surface area contributed by atoms with Gasteiger partial charge in [0.05, 0.1) is 5.69 Å². The van der Waals surface area contributed by atoms with Crippen LogP contribution in [0.5, 0.6) is 0 Å². The molecule has 2 heterocycles. The van der Waals surface area contributed by atoms with Crippen molar-refractivity contribution in [3.05, 3.63) is 46.8 Å². The highest BCUT2D eigenvalue weighted by molar-refractivity contribution is 5.94. The molecule has 2 aromatic heterocycles. The maximum atomic E-state index is 11.9. The zero-order valence-corrected chi connectivity index (χ0v) is 10.6. The Morgan fingerprint density at radius 3 is 2.68 bits per heavy atom. The number of hydrogen-bond acceptors (Lipinski definition) is 4. The van der Waals surface area contributed by atoms with Gasteiger partial charge in [0, 0.05) is 30.2 Å². The zero-order valence-electron chi connectivity index (χ0n) is 10.6. The number of carboxylic acid groups (broad SMARTS) is 1. The van der Waals surface area contributed by atoms with Crippen LogP contribution in [0.1, 0.15) is 30.2 Å². The van der Waals surface area contributed by atoms with Gasteiger partial charge in [-0.2, -0.15) is 4.98 Å². The van der Waals surface area contributed by atoms with Crippen LogP contribution in [0.25, 0.3) is 11.3 Å². The SMILES string of the molecule is CC(C)n1cc(C(=O)O)c(-c2cccnc2)nc1=O. The van der Waals surface area contributed by atoms with Crippen LogP contribution in [0.2, 0.25) is 0 Å². The molecule has 0 aromatic carbocycles. The minimum atomic E-state index is -1.12. The lowest BCUT2D eigenvalue weighted by molar-refractivity contribution is 0.0696. The van der Waals surface area contributed by atoms with E-state index in [0.717, 1.165) is 0 Å². The van der Waals surface area contributed by atoms with Crippen LogP contribution in [-0.4, -0.2) is 25.6 Å². The summed E-state index contributed by atoms with van der Waals surface area (Å²) >= 11 is 0. The maximum Gasteiger partial charge on any atom is 0.348 e. The summed E-state index contributed by atoms with van der Waals surface area (Å²) in [6.07, 6.45) is 4.37. The van der Waals surface area contributed by atoms with E-state index in [0.29, 0.717) is 5.56 Å². The number of aromatic carboxylic acids is 1. The van der Waals surface area contributed by atoms with Gasteiger partial charge in [0.25, 0.3) is 0 Å². The molecule has 0 amide bonds. The Morgan fingerprint density at radius 2 is 2.16 bits per heavy atom. The quantitative estimate of drug-likeness (QED) is 0.904. The minimum Gasteiger partial charge on any atom is -0.478 e. The van der Waals surface area contributed by atoms with Crippen molar-refractivity contribution in [1.82, 2.24) is 14.5 Å².